The average Bonchev–Trinajstić information content (AvgIpc) is 2.90. The van der Waals surface area contributed by atoms with Gasteiger partial charge in [-0.3, -0.25) is 4.68 Å². The van der Waals surface area contributed by atoms with Crippen LogP contribution in [0, 0.1) is 12.7 Å². The molecule has 1 aliphatic rings. The highest BCUT2D eigenvalue weighted by Gasteiger charge is 2.38. The van der Waals surface area contributed by atoms with E-state index in [-0.39, 0.29) is 5.02 Å². The number of fused-ring (bicyclic) bond motifs is 1. The quantitative estimate of drug-likeness (QED) is 0.593. The van der Waals surface area contributed by atoms with Gasteiger partial charge in [0.1, 0.15) is 11.6 Å². The number of carbonyl (C=O) groups excluding carboxylic acids is 1. The number of hydrogen-bond donors (Lipinski definition) is 1. The van der Waals surface area contributed by atoms with Crippen molar-refractivity contribution < 1.29 is 13.9 Å². The SMILES string of the molecule is CCCCOC(=O)C1=C(C)Nc2c(c(C)nn2C)C1c1cccc(Cl)c1F. The predicted molar refractivity (Wildman–Crippen MR) is 103 cm³/mol. The zero-order valence-electron chi connectivity index (χ0n) is 15.9. The van der Waals surface area contributed by atoms with Gasteiger partial charge < -0.3 is 10.1 Å². The first-order valence-corrected chi connectivity index (χ1v) is 9.36. The second kappa shape index (κ2) is 7.72. The van der Waals surface area contributed by atoms with Crippen LogP contribution in [0.15, 0.2) is 29.5 Å². The van der Waals surface area contributed by atoms with Crippen molar-refractivity contribution in [2.45, 2.75) is 39.5 Å². The summed E-state index contributed by atoms with van der Waals surface area (Å²) in [4.78, 5) is 12.9. The first kappa shape index (κ1) is 19.4. The molecule has 0 radical (unpaired) electrons. The van der Waals surface area contributed by atoms with Gasteiger partial charge in [0, 0.05) is 23.9 Å². The third-order valence-corrected chi connectivity index (χ3v) is 5.09. The van der Waals surface area contributed by atoms with Crippen LogP contribution in [0.4, 0.5) is 10.2 Å². The number of benzene rings is 1. The lowest BCUT2D eigenvalue weighted by Crippen LogP contribution is -2.26. The molecule has 2 heterocycles. The average molecular weight is 392 g/mol. The maximum Gasteiger partial charge on any atom is 0.336 e. The maximum atomic E-state index is 14.9. The molecule has 0 fully saturated rings. The number of carbonyl (C=O) groups is 1. The molecule has 0 bridgehead atoms. The lowest BCUT2D eigenvalue weighted by atomic mass is 9.81. The van der Waals surface area contributed by atoms with E-state index in [2.05, 4.69) is 10.4 Å². The Morgan fingerprint density at radius 3 is 2.85 bits per heavy atom. The lowest BCUT2D eigenvalue weighted by molar-refractivity contribution is -0.139. The Bertz CT molecular complexity index is 920. The number of unbranched alkanes of at least 4 members (excludes halogenated alkanes) is 1. The largest absolute Gasteiger partial charge is 0.462 e. The van der Waals surface area contributed by atoms with Gasteiger partial charge in [-0.1, -0.05) is 37.1 Å². The van der Waals surface area contributed by atoms with Crippen molar-refractivity contribution in [2.75, 3.05) is 11.9 Å². The first-order chi connectivity index (χ1) is 12.9. The van der Waals surface area contributed by atoms with Crippen molar-refractivity contribution in [3.8, 4) is 0 Å². The number of esters is 1. The number of nitrogens with zero attached hydrogens (tertiary/aromatic N) is 2. The maximum absolute atomic E-state index is 14.9. The molecule has 1 aliphatic heterocycles. The molecule has 2 aromatic rings. The van der Waals surface area contributed by atoms with Crippen LogP contribution < -0.4 is 5.32 Å². The minimum Gasteiger partial charge on any atom is -0.462 e. The van der Waals surface area contributed by atoms with E-state index in [0.29, 0.717) is 23.4 Å². The molecular weight excluding hydrogens is 369 g/mol. The number of aromatic nitrogens is 2. The number of nitrogens with one attached hydrogen (secondary N) is 1. The molecule has 5 nitrogen and oxygen atoms in total. The fourth-order valence-electron chi connectivity index (χ4n) is 3.49. The first-order valence-electron chi connectivity index (χ1n) is 8.99. The van der Waals surface area contributed by atoms with Crippen molar-refractivity contribution in [3.63, 3.8) is 0 Å². The number of halogens is 2. The van der Waals surface area contributed by atoms with Gasteiger partial charge in [0.2, 0.25) is 0 Å². The zero-order chi connectivity index (χ0) is 19.7. The summed E-state index contributed by atoms with van der Waals surface area (Å²) in [7, 11) is 1.81. The summed E-state index contributed by atoms with van der Waals surface area (Å²) >= 11 is 6.03. The van der Waals surface area contributed by atoms with Crippen molar-refractivity contribution in [1.29, 1.82) is 0 Å². The zero-order valence-corrected chi connectivity index (χ0v) is 16.7. The predicted octanol–water partition coefficient (Wildman–Crippen LogP) is 4.70. The number of hydrogen-bond acceptors (Lipinski definition) is 4. The molecule has 1 aromatic heterocycles. The molecule has 0 aliphatic carbocycles. The minimum absolute atomic E-state index is 0.0190. The molecule has 7 heteroatoms. The second-order valence-corrected chi connectivity index (χ2v) is 7.11. The summed E-state index contributed by atoms with van der Waals surface area (Å²) in [6, 6.07) is 4.83. The second-order valence-electron chi connectivity index (χ2n) is 6.70. The molecule has 144 valence electrons. The Labute approximate surface area is 163 Å². The van der Waals surface area contributed by atoms with E-state index in [9.17, 15) is 9.18 Å². The van der Waals surface area contributed by atoms with Gasteiger partial charge in [-0.05, 0) is 26.3 Å². The summed E-state index contributed by atoms with van der Waals surface area (Å²) in [5.74, 6) is -0.888. The van der Waals surface area contributed by atoms with E-state index in [4.69, 9.17) is 16.3 Å². The van der Waals surface area contributed by atoms with Crippen LogP contribution in [0.3, 0.4) is 0 Å². The van der Waals surface area contributed by atoms with Gasteiger partial charge in [0.05, 0.1) is 28.8 Å². The topological polar surface area (TPSA) is 56.1 Å². The molecule has 27 heavy (non-hydrogen) atoms. The standard InChI is InChI=1S/C20H23ClFN3O2/c1-5-6-10-27-20(26)16-11(2)23-19-15(12(3)24-25(19)4)17(16)13-8-7-9-14(21)18(13)22/h7-9,17,23H,5-6,10H2,1-4H3. The van der Waals surface area contributed by atoms with Crippen LogP contribution in [-0.4, -0.2) is 22.4 Å². The Morgan fingerprint density at radius 2 is 2.15 bits per heavy atom. The van der Waals surface area contributed by atoms with Crippen LogP contribution in [0.2, 0.25) is 5.02 Å². The Morgan fingerprint density at radius 1 is 1.41 bits per heavy atom. The smallest absolute Gasteiger partial charge is 0.336 e. The number of ether oxygens (including phenoxy) is 1. The van der Waals surface area contributed by atoms with Crippen LogP contribution in [0.25, 0.3) is 0 Å². The number of allylic oxidation sites excluding steroid dienone is 1. The minimum atomic E-state index is -0.636. The summed E-state index contributed by atoms with van der Waals surface area (Å²) in [6.45, 7) is 5.99. The Balaban J connectivity index is 2.17. The molecule has 1 N–H and O–H groups in total. The van der Waals surface area contributed by atoms with Gasteiger partial charge in [0.25, 0.3) is 0 Å². The molecule has 0 saturated heterocycles. The molecule has 3 rings (SSSR count). The van der Waals surface area contributed by atoms with Crippen LogP contribution >= 0.6 is 11.6 Å². The van der Waals surface area contributed by atoms with E-state index in [0.717, 1.165) is 29.9 Å². The van der Waals surface area contributed by atoms with Crippen LogP contribution in [0.5, 0.6) is 0 Å². The monoisotopic (exact) mass is 391 g/mol. The Kier molecular flexibility index (Phi) is 5.56. The van der Waals surface area contributed by atoms with Gasteiger partial charge in [0.15, 0.2) is 0 Å². The van der Waals surface area contributed by atoms with E-state index in [1.165, 1.54) is 6.07 Å². The molecule has 1 atom stereocenters. The van der Waals surface area contributed by atoms with Gasteiger partial charge >= 0.3 is 5.97 Å². The molecule has 0 amide bonds. The summed E-state index contributed by atoms with van der Waals surface area (Å²) in [5, 5.41) is 7.69. The van der Waals surface area contributed by atoms with E-state index in [1.54, 1.807) is 23.7 Å². The highest BCUT2D eigenvalue weighted by Crippen LogP contribution is 2.45. The number of rotatable bonds is 5. The van der Waals surface area contributed by atoms with Crippen molar-refractivity contribution >= 4 is 23.4 Å². The molecule has 0 saturated carbocycles. The van der Waals surface area contributed by atoms with Crippen molar-refractivity contribution in [1.82, 2.24) is 9.78 Å². The number of anilines is 1. The van der Waals surface area contributed by atoms with E-state index < -0.39 is 17.7 Å². The lowest BCUT2D eigenvalue weighted by Gasteiger charge is -2.29. The molecular formula is C20H23ClFN3O2. The van der Waals surface area contributed by atoms with Gasteiger partial charge in [-0.2, -0.15) is 5.10 Å². The number of aryl methyl sites for hydroxylation is 2. The highest BCUT2D eigenvalue weighted by molar-refractivity contribution is 6.30. The third kappa shape index (κ3) is 3.46. The van der Waals surface area contributed by atoms with Crippen molar-refractivity contribution in [3.05, 3.63) is 57.1 Å². The van der Waals surface area contributed by atoms with E-state index >= 15 is 0 Å². The fraction of sp³-hybridized carbons (Fsp3) is 0.400. The fourth-order valence-corrected chi connectivity index (χ4v) is 3.67. The van der Waals surface area contributed by atoms with Gasteiger partial charge in [-0.15, -0.1) is 0 Å². The molecule has 0 spiro atoms. The summed E-state index contributed by atoms with van der Waals surface area (Å²) < 4.78 is 22.1. The van der Waals surface area contributed by atoms with Crippen LogP contribution in [0.1, 0.15) is 49.4 Å². The molecule has 1 unspecified atom stereocenters. The van der Waals surface area contributed by atoms with Crippen LogP contribution in [-0.2, 0) is 16.6 Å². The normalized spacial score (nSPS) is 16.1. The summed E-state index contributed by atoms with van der Waals surface area (Å²) in [6.07, 6.45) is 1.70. The highest BCUT2D eigenvalue weighted by atomic mass is 35.5. The molecule has 1 aromatic carbocycles. The summed E-state index contributed by atoms with van der Waals surface area (Å²) in [5.41, 5.74) is 2.82. The third-order valence-electron chi connectivity index (χ3n) is 4.80. The van der Waals surface area contributed by atoms with Gasteiger partial charge in [-0.25, -0.2) is 9.18 Å². The van der Waals surface area contributed by atoms with E-state index in [1.807, 2.05) is 20.9 Å². The van der Waals surface area contributed by atoms with Crippen molar-refractivity contribution in [2.24, 2.45) is 7.05 Å². The Hall–Kier alpha value is -2.34.